The second-order valence-corrected chi connectivity index (χ2v) is 6.53. The summed E-state index contributed by atoms with van der Waals surface area (Å²) in [6.45, 7) is 3.65. The molecular weight excluding hydrogens is 331 g/mol. The maximum absolute atomic E-state index is 12.8. The number of ether oxygens (including phenoxy) is 1. The smallest absolute Gasteiger partial charge is 0.254 e. The van der Waals surface area contributed by atoms with Gasteiger partial charge in [-0.1, -0.05) is 23.8 Å². The van der Waals surface area contributed by atoms with Gasteiger partial charge in [0, 0.05) is 30.8 Å². The summed E-state index contributed by atoms with van der Waals surface area (Å²) < 4.78 is 18.0. The van der Waals surface area contributed by atoms with Gasteiger partial charge in [-0.05, 0) is 48.7 Å². The number of benzene rings is 2. The first-order valence-electron chi connectivity index (χ1n) is 8.69. The van der Waals surface area contributed by atoms with Gasteiger partial charge in [-0.2, -0.15) is 0 Å². The van der Waals surface area contributed by atoms with Crippen LogP contribution < -0.4 is 10.5 Å². The van der Waals surface area contributed by atoms with Crippen LogP contribution in [0.4, 0.5) is 4.39 Å². The van der Waals surface area contributed by atoms with Gasteiger partial charge in [0.05, 0.1) is 6.33 Å². The minimum atomic E-state index is 0.00840. The van der Waals surface area contributed by atoms with Crippen LogP contribution >= 0.6 is 0 Å². The van der Waals surface area contributed by atoms with E-state index in [2.05, 4.69) is 25.1 Å². The van der Waals surface area contributed by atoms with E-state index in [1.807, 2.05) is 4.90 Å². The summed E-state index contributed by atoms with van der Waals surface area (Å²) in [6, 6.07) is 13.3. The molecule has 2 N–H and O–H groups in total. The van der Waals surface area contributed by atoms with Crippen LogP contribution in [-0.4, -0.2) is 30.5 Å². The van der Waals surface area contributed by atoms with E-state index in [-0.39, 0.29) is 19.1 Å². The molecule has 1 heterocycles. The Labute approximate surface area is 153 Å². The molecule has 2 aromatic carbocycles. The maximum Gasteiger partial charge on any atom is 0.254 e. The molecule has 3 rings (SSSR count). The Balaban J connectivity index is 1.64. The van der Waals surface area contributed by atoms with Crippen LogP contribution in [0.25, 0.3) is 0 Å². The molecule has 0 saturated carbocycles. The van der Waals surface area contributed by atoms with Crippen molar-refractivity contribution in [3.05, 3.63) is 76.6 Å². The van der Waals surface area contributed by atoms with Gasteiger partial charge in [0.15, 0.2) is 0 Å². The molecule has 0 aliphatic carbocycles. The van der Waals surface area contributed by atoms with Crippen LogP contribution in [0.1, 0.15) is 27.0 Å². The lowest BCUT2D eigenvalue weighted by Gasteiger charge is -2.29. The number of halogens is 1. The van der Waals surface area contributed by atoms with Crippen molar-refractivity contribution in [1.82, 2.24) is 4.90 Å². The third-order valence-electron chi connectivity index (χ3n) is 4.60. The van der Waals surface area contributed by atoms with Crippen molar-refractivity contribution in [3.63, 3.8) is 0 Å². The van der Waals surface area contributed by atoms with E-state index in [9.17, 15) is 9.18 Å². The molecule has 0 unspecified atom stereocenters. The lowest BCUT2D eigenvalue weighted by molar-refractivity contribution is 0.0734. The molecule has 0 spiro atoms. The molecule has 0 atom stereocenters. The minimum Gasteiger partial charge on any atom is -0.489 e. The highest BCUT2D eigenvalue weighted by atomic mass is 19.1. The van der Waals surface area contributed by atoms with Crippen molar-refractivity contribution in [2.75, 3.05) is 19.7 Å². The van der Waals surface area contributed by atoms with Gasteiger partial charge < -0.3 is 15.4 Å². The normalized spacial score (nSPS) is 14.1. The zero-order valence-electron chi connectivity index (χ0n) is 14.9. The van der Waals surface area contributed by atoms with Gasteiger partial charge in [-0.15, -0.1) is 0 Å². The molecule has 136 valence electrons. The number of hydrogen-bond donors (Lipinski definition) is 1. The van der Waals surface area contributed by atoms with Crippen LogP contribution in [0.5, 0.6) is 5.75 Å². The second kappa shape index (κ2) is 8.15. The molecule has 0 saturated heterocycles. The summed E-state index contributed by atoms with van der Waals surface area (Å²) in [5, 5.41) is 0. The number of carbonyl (C=O) groups excluding carboxylic acids is 1. The van der Waals surface area contributed by atoms with Gasteiger partial charge >= 0.3 is 0 Å². The van der Waals surface area contributed by atoms with Gasteiger partial charge in [0.1, 0.15) is 12.4 Å². The summed E-state index contributed by atoms with van der Waals surface area (Å²) >= 11 is 0. The second-order valence-electron chi connectivity index (χ2n) is 6.53. The predicted molar refractivity (Wildman–Crippen MR) is 99.8 cm³/mol. The van der Waals surface area contributed by atoms with Crippen LogP contribution in [0.3, 0.4) is 0 Å². The SMILES string of the molecule is Cc1ccc2c(c1)CCN(C(=O)c1ccc(OCC(=CF)CN)cc1)C2. The van der Waals surface area contributed by atoms with Crippen LogP contribution in [0.2, 0.25) is 0 Å². The molecule has 1 aliphatic rings. The molecule has 1 aliphatic heterocycles. The molecule has 0 aromatic heterocycles. The Morgan fingerprint density at radius 3 is 2.69 bits per heavy atom. The number of hydrogen-bond acceptors (Lipinski definition) is 3. The Morgan fingerprint density at radius 1 is 1.23 bits per heavy atom. The van der Waals surface area contributed by atoms with E-state index in [1.165, 1.54) is 16.7 Å². The van der Waals surface area contributed by atoms with E-state index in [4.69, 9.17) is 10.5 Å². The fraction of sp³-hybridized carbons (Fsp3) is 0.286. The highest BCUT2D eigenvalue weighted by Gasteiger charge is 2.21. The Bertz CT molecular complexity index is 815. The predicted octanol–water partition coefficient (Wildman–Crippen LogP) is 3.38. The number of aryl methyl sites for hydroxylation is 1. The van der Waals surface area contributed by atoms with Gasteiger partial charge in [-0.3, -0.25) is 4.79 Å². The van der Waals surface area contributed by atoms with Crippen molar-refractivity contribution in [2.45, 2.75) is 19.9 Å². The number of carbonyl (C=O) groups is 1. The standard InChI is InChI=1S/C21H23FN2O2/c1-15-2-3-19-13-24(9-8-18(19)10-15)21(25)17-4-6-20(7-5-17)26-14-16(11-22)12-23/h2-7,10-11H,8-9,12-14,23H2,1H3. The summed E-state index contributed by atoms with van der Waals surface area (Å²) in [6.07, 6.45) is 1.34. The van der Waals surface area contributed by atoms with E-state index in [0.29, 0.717) is 36.3 Å². The van der Waals surface area contributed by atoms with Crippen molar-refractivity contribution in [1.29, 1.82) is 0 Å². The van der Waals surface area contributed by atoms with Crippen LogP contribution in [0.15, 0.2) is 54.4 Å². The number of nitrogens with two attached hydrogens (primary N) is 1. The summed E-state index contributed by atoms with van der Waals surface area (Å²) in [5.74, 6) is 0.586. The Kier molecular flexibility index (Phi) is 5.68. The minimum absolute atomic E-state index is 0.00840. The molecule has 2 aromatic rings. The topological polar surface area (TPSA) is 55.6 Å². The molecule has 4 nitrogen and oxygen atoms in total. The number of nitrogens with zero attached hydrogens (tertiary/aromatic N) is 1. The zero-order chi connectivity index (χ0) is 18.5. The Hall–Kier alpha value is -2.66. The average Bonchev–Trinajstić information content (AvgIpc) is 2.68. The summed E-state index contributed by atoms with van der Waals surface area (Å²) in [5.41, 5.74) is 10.2. The highest BCUT2D eigenvalue weighted by Crippen LogP contribution is 2.22. The average molecular weight is 354 g/mol. The third-order valence-corrected chi connectivity index (χ3v) is 4.60. The first kappa shape index (κ1) is 18.1. The Morgan fingerprint density at radius 2 is 2.00 bits per heavy atom. The van der Waals surface area contributed by atoms with E-state index >= 15 is 0 Å². The molecule has 0 fully saturated rings. The maximum atomic E-state index is 12.8. The monoisotopic (exact) mass is 354 g/mol. The van der Waals surface area contributed by atoms with E-state index < -0.39 is 0 Å². The molecule has 5 heteroatoms. The summed E-state index contributed by atoms with van der Waals surface area (Å²) in [4.78, 5) is 14.6. The van der Waals surface area contributed by atoms with E-state index in [0.717, 1.165) is 6.42 Å². The first-order valence-corrected chi connectivity index (χ1v) is 8.69. The van der Waals surface area contributed by atoms with Gasteiger partial charge in [0.25, 0.3) is 5.91 Å². The fourth-order valence-electron chi connectivity index (χ4n) is 3.04. The van der Waals surface area contributed by atoms with Crippen LogP contribution in [-0.2, 0) is 13.0 Å². The molecule has 0 radical (unpaired) electrons. The van der Waals surface area contributed by atoms with Gasteiger partial charge in [-0.25, -0.2) is 4.39 Å². The number of fused-ring (bicyclic) bond motifs is 1. The lowest BCUT2D eigenvalue weighted by atomic mass is 9.97. The quantitative estimate of drug-likeness (QED) is 0.895. The fourth-order valence-corrected chi connectivity index (χ4v) is 3.04. The van der Waals surface area contributed by atoms with Crippen molar-refractivity contribution in [2.24, 2.45) is 5.73 Å². The van der Waals surface area contributed by atoms with Crippen molar-refractivity contribution >= 4 is 5.91 Å². The molecule has 0 bridgehead atoms. The summed E-state index contributed by atoms with van der Waals surface area (Å²) in [7, 11) is 0. The first-order chi connectivity index (χ1) is 12.6. The van der Waals surface area contributed by atoms with E-state index in [1.54, 1.807) is 24.3 Å². The third kappa shape index (κ3) is 4.11. The largest absolute Gasteiger partial charge is 0.489 e. The zero-order valence-corrected chi connectivity index (χ0v) is 14.9. The highest BCUT2D eigenvalue weighted by molar-refractivity contribution is 5.94. The van der Waals surface area contributed by atoms with Gasteiger partial charge in [0.2, 0.25) is 0 Å². The van der Waals surface area contributed by atoms with Crippen molar-refractivity contribution in [3.8, 4) is 5.75 Å². The molecular formula is C21H23FN2O2. The van der Waals surface area contributed by atoms with Crippen molar-refractivity contribution < 1.29 is 13.9 Å². The number of amides is 1. The molecule has 26 heavy (non-hydrogen) atoms. The molecule has 1 amide bonds. The number of rotatable bonds is 5. The lowest BCUT2D eigenvalue weighted by Crippen LogP contribution is -2.35. The van der Waals surface area contributed by atoms with Crippen LogP contribution in [0, 0.1) is 6.92 Å².